The van der Waals surface area contributed by atoms with Crippen LogP contribution in [0.3, 0.4) is 0 Å². The lowest BCUT2D eigenvalue weighted by atomic mass is 9.86. The van der Waals surface area contributed by atoms with Crippen molar-refractivity contribution in [2.24, 2.45) is 11.3 Å². The van der Waals surface area contributed by atoms with Crippen LogP contribution in [0.1, 0.15) is 63.6 Å². The SMILES string of the molecule is CC[C@H](C)[C@@H](C(=O)N[C@@H](Cc1ccccc1)[C@@H](O)CN(Cc1ccc2c(c1)OCCO2)NC(=O)[C@@H](NC(=O)OC)C(C)(C)C)N1CCN(Cc2cccc(CO)n2)C1=O. The Balaban J connectivity index is 1.41. The van der Waals surface area contributed by atoms with Crippen molar-refractivity contribution < 1.29 is 43.6 Å². The number of fused-ring (bicyclic) bond motifs is 1. The molecule has 2 aliphatic rings. The molecule has 16 nitrogen and oxygen atoms in total. The Kier molecular flexibility index (Phi) is 15.5. The minimum Gasteiger partial charge on any atom is -0.486 e. The maximum Gasteiger partial charge on any atom is 0.407 e. The van der Waals surface area contributed by atoms with Crippen molar-refractivity contribution in [1.29, 1.82) is 0 Å². The molecule has 59 heavy (non-hydrogen) atoms. The third kappa shape index (κ3) is 12.1. The summed E-state index contributed by atoms with van der Waals surface area (Å²) in [6.45, 7) is 10.8. The van der Waals surface area contributed by atoms with Crippen LogP contribution >= 0.6 is 0 Å². The Bertz CT molecular complexity index is 1890. The molecular formula is C43H59N7O9. The van der Waals surface area contributed by atoms with Crippen LogP contribution < -0.4 is 25.5 Å². The van der Waals surface area contributed by atoms with Gasteiger partial charge < -0.3 is 44.9 Å². The number of rotatable bonds is 18. The molecule has 2 aromatic carbocycles. The first-order valence-electron chi connectivity index (χ1n) is 20.1. The van der Waals surface area contributed by atoms with Crippen LogP contribution in [0.25, 0.3) is 0 Å². The van der Waals surface area contributed by atoms with Gasteiger partial charge in [0.2, 0.25) is 5.91 Å². The van der Waals surface area contributed by atoms with E-state index in [4.69, 9.17) is 14.2 Å². The van der Waals surface area contributed by atoms with E-state index in [9.17, 15) is 29.4 Å². The lowest BCUT2D eigenvalue weighted by molar-refractivity contribution is -0.132. The predicted octanol–water partition coefficient (Wildman–Crippen LogP) is 3.39. The normalized spacial score (nSPS) is 16.5. The van der Waals surface area contributed by atoms with Crippen LogP contribution in [-0.2, 0) is 40.4 Å². The molecule has 0 unspecified atom stereocenters. The van der Waals surface area contributed by atoms with Crippen LogP contribution in [0, 0.1) is 11.3 Å². The number of carbonyl (C=O) groups is 4. The van der Waals surface area contributed by atoms with E-state index in [0.717, 1.165) is 11.1 Å². The zero-order chi connectivity index (χ0) is 42.7. The second-order valence-corrected chi connectivity index (χ2v) is 16.1. The summed E-state index contributed by atoms with van der Waals surface area (Å²) in [6.07, 6.45) is -1.16. The minimum absolute atomic E-state index is 0.115. The first-order valence-corrected chi connectivity index (χ1v) is 20.1. The lowest BCUT2D eigenvalue weighted by Gasteiger charge is -2.36. The molecule has 16 heteroatoms. The summed E-state index contributed by atoms with van der Waals surface area (Å²) in [4.78, 5) is 62.4. The Labute approximate surface area is 346 Å². The molecule has 3 aromatic rings. The van der Waals surface area contributed by atoms with Crippen molar-refractivity contribution in [1.82, 2.24) is 35.9 Å². The molecule has 1 aromatic heterocycles. The molecule has 0 saturated carbocycles. The summed E-state index contributed by atoms with van der Waals surface area (Å²) in [6, 6.07) is 17.1. The van der Waals surface area contributed by atoms with Gasteiger partial charge in [0.15, 0.2) is 11.5 Å². The topological polar surface area (TPSA) is 195 Å². The van der Waals surface area contributed by atoms with E-state index in [1.807, 2.05) is 77.1 Å². The third-order valence-corrected chi connectivity index (χ3v) is 10.6. The van der Waals surface area contributed by atoms with E-state index in [1.54, 1.807) is 39.1 Å². The molecule has 320 valence electrons. The van der Waals surface area contributed by atoms with Gasteiger partial charge in [-0.05, 0) is 53.1 Å². The fraction of sp³-hybridized carbons (Fsp3) is 0.512. The summed E-state index contributed by atoms with van der Waals surface area (Å²) in [5.74, 6) is -0.0297. The average Bonchev–Trinajstić information content (AvgIpc) is 3.57. The van der Waals surface area contributed by atoms with Crippen molar-refractivity contribution >= 4 is 23.9 Å². The fourth-order valence-corrected chi connectivity index (χ4v) is 7.24. The van der Waals surface area contributed by atoms with Gasteiger partial charge in [-0.1, -0.05) is 83.5 Å². The zero-order valence-electron chi connectivity index (χ0n) is 34.8. The molecule has 0 radical (unpaired) electrons. The van der Waals surface area contributed by atoms with Gasteiger partial charge in [0, 0.05) is 26.2 Å². The molecule has 0 spiro atoms. The molecule has 5 amide bonds. The number of hydrazine groups is 1. The number of aliphatic hydroxyl groups is 2. The number of ether oxygens (including phenoxy) is 3. The molecule has 5 rings (SSSR count). The molecule has 3 heterocycles. The van der Waals surface area contributed by atoms with Gasteiger partial charge in [0.25, 0.3) is 5.91 Å². The van der Waals surface area contributed by atoms with E-state index in [2.05, 4.69) is 21.0 Å². The van der Waals surface area contributed by atoms with E-state index in [0.29, 0.717) is 55.6 Å². The number of aliphatic hydroxyl groups excluding tert-OH is 2. The van der Waals surface area contributed by atoms with E-state index in [-0.39, 0.29) is 44.6 Å². The van der Waals surface area contributed by atoms with Crippen molar-refractivity contribution in [2.75, 3.05) is 40.0 Å². The first kappa shape index (κ1) is 44.6. The number of hydrogen-bond acceptors (Lipinski definition) is 11. The highest BCUT2D eigenvalue weighted by Gasteiger charge is 2.41. The molecule has 5 atom stereocenters. The number of pyridine rings is 1. The molecule has 1 fully saturated rings. The molecule has 0 bridgehead atoms. The van der Waals surface area contributed by atoms with E-state index >= 15 is 0 Å². The number of methoxy groups -OCH3 is 1. The van der Waals surface area contributed by atoms with Crippen molar-refractivity contribution in [2.45, 2.75) is 91.4 Å². The molecule has 0 aliphatic carbocycles. The first-order chi connectivity index (χ1) is 28.2. The number of carbonyl (C=O) groups excluding carboxylic acids is 4. The second kappa shape index (κ2) is 20.5. The summed E-state index contributed by atoms with van der Waals surface area (Å²) in [7, 11) is 1.22. The standard InChI is InChI=1S/C43H59N7O9/c1-7-28(2)37(50-19-18-48(42(50)56)25-31-14-11-15-32(27-51)44-31)39(53)45-33(22-29-12-9-8-10-13-29)34(52)26-49(24-30-16-17-35-36(23-30)59-21-20-58-35)47-40(54)38(43(3,4)5)46-41(55)57-6/h8-17,23,28,33-34,37-38,51-52H,7,18-22,24-27H2,1-6H3,(H,45,53)(H,46,55)(H,47,54)/t28-,33-,34-,37-,38+/m0/s1. The Morgan fingerprint density at radius 3 is 2.32 bits per heavy atom. The highest BCUT2D eigenvalue weighted by Crippen LogP contribution is 2.31. The van der Waals surface area contributed by atoms with Crippen LogP contribution in [0.15, 0.2) is 66.7 Å². The van der Waals surface area contributed by atoms with Gasteiger partial charge in [0.05, 0.1) is 43.8 Å². The maximum atomic E-state index is 14.5. The fourth-order valence-electron chi connectivity index (χ4n) is 7.24. The highest BCUT2D eigenvalue weighted by molar-refractivity contribution is 5.88. The van der Waals surface area contributed by atoms with Gasteiger partial charge in [-0.2, -0.15) is 0 Å². The van der Waals surface area contributed by atoms with Crippen molar-refractivity contribution in [3.05, 3.63) is 89.2 Å². The van der Waals surface area contributed by atoms with E-state index < -0.39 is 47.6 Å². The van der Waals surface area contributed by atoms with Crippen LogP contribution in [0.4, 0.5) is 9.59 Å². The number of hydrogen-bond donors (Lipinski definition) is 5. The van der Waals surface area contributed by atoms with Gasteiger partial charge in [-0.3, -0.25) is 20.0 Å². The third-order valence-electron chi connectivity index (χ3n) is 10.6. The summed E-state index contributed by atoms with van der Waals surface area (Å²) >= 11 is 0. The molecule has 2 aliphatic heterocycles. The number of nitrogens with zero attached hydrogens (tertiary/aromatic N) is 4. The monoisotopic (exact) mass is 817 g/mol. The summed E-state index contributed by atoms with van der Waals surface area (Å²) in [5, 5.41) is 29.0. The van der Waals surface area contributed by atoms with Gasteiger partial charge >= 0.3 is 12.1 Å². The van der Waals surface area contributed by atoms with E-state index in [1.165, 1.54) is 7.11 Å². The summed E-state index contributed by atoms with van der Waals surface area (Å²) < 4.78 is 16.3. The Morgan fingerprint density at radius 2 is 1.64 bits per heavy atom. The second-order valence-electron chi connectivity index (χ2n) is 16.1. The number of urea groups is 1. The number of benzene rings is 2. The van der Waals surface area contributed by atoms with Gasteiger partial charge in [0.1, 0.15) is 25.3 Å². The highest BCUT2D eigenvalue weighted by atomic mass is 16.6. The van der Waals surface area contributed by atoms with Gasteiger partial charge in [-0.25, -0.2) is 14.6 Å². The quantitative estimate of drug-likeness (QED) is 0.118. The smallest absolute Gasteiger partial charge is 0.407 e. The largest absolute Gasteiger partial charge is 0.486 e. The van der Waals surface area contributed by atoms with Gasteiger partial charge in [-0.15, -0.1) is 0 Å². The van der Waals surface area contributed by atoms with Crippen LogP contribution in [0.2, 0.25) is 0 Å². The predicted molar refractivity (Wildman–Crippen MR) is 219 cm³/mol. The zero-order valence-corrected chi connectivity index (χ0v) is 34.8. The van der Waals surface area contributed by atoms with Crippen molar-refractivity contribution in [3.8, 4) is 11.5 Å². The van der Waals surface area contributed by atoms with Crippen LogP contribution in [-0.4, -0.2) is 118 Å². The Morgan fingerprint density at radius 1 is 0.932 bits per heavy atom. The number of nitrogens with one attached hydrogen (secondary N) is 3. The molecule has 1 saturated heterocycles. The maximum absolute atomic E-state index is 14.5. The summed E-state index contributed by atoms with van der Waals surface area (Å²) in [5.41, 5.74) is 4.92. The average molecular weight is 818 g/mol. The number of amides is 5. The lowest BCUT2D eigenvalue weighted by Crippen LogP contribution is -2.60. The number of alkyl carbamates (subject to hydrolysis) is 1. The molecular weight excluding hydrogens is 759 g/mol. The Hall–Kier alpha value is -5.45. The van der Waals surface area contributed by atoms with Crippen LogP contribution in [0.5, 0.6) is 11.5 Å². The number of aromatic nitrogens is 1. The molecule has 5 N–H and O–H groups in total. The van der Waals surface area contributed by atoms with Crippen molar-refractivity contribution in [3.63, 3.8) is 0 Å². The minimum atomic E-state index is -1.24.